The number of nitrogens with zero attached hydrogens (tertiary/aromatic N) is 1. The summed E-state index contributed by atoms with van der Waals surface area (Å²) in [6.07, 6.45) is 3.29. The topological polar surface area (TPSA) is 72.9 Å². The van der Waals surface area contributed by atoms with Crippen molar-refractivity contribution in [3.63, 3.8) is 0 Å². The Morgan fingerprint density at radius 1 is 1.36 bits per heavy atom. The van der Waals surface area contributed by atoms with Gasteiger partial charge in [-0.25, -0.2) is 0 Å². The summed E-state index contributed by atoms with van der Waals surface area (Å²) in [5.41, 5.74) is 0.779. The van der Waals surface area contributed by atoms with E-state index in [0.29, 0.717) is 6.61 Å². The number of unbranched alkanes of at least 4 members (excludes halogenated alkanes) is 1. The van der Waals surface area contributed by atoms with Crippen LogP contribution in [0.25, 0.3) is 6.08 Å². The van der Waals surface area contributed by atoms with Crippen LogP contribution >= 0.6 is 34.4 Å². The van der Waals surface area contributed by atoms with Crippen LogP contribution in [0.1, 0.15) is 25.3 Å². The number of thioether (sulfide) groups is 1. The van der Waals surface area contributed by atoms with E-state index in [-0.39, 0.29) is 11.4 Å². The fourth-order valence-electron chi connectivity index (χ4n) is 2.07. The van der Waals surface area contributed by atoms with Crippen LogP contribution in [-0.2, 0) is 14.3 Å². The Bertz CT molecular complexity index is 719. The maximum absolute atomic E-state index is 12.4. The van der Waals surface area contributed by atoms with Gasteiger partial charge in [0.25, 0.3) is 11.1 Å². The van der Waals surface area contributed by atoms with E-state index in [1.807, 2.05) is 13.0 Å². The monoisotopic (exact) mass is 475 g/mol. The number of halogens is 1. The van der Waals surface area contributed by atoms with Crippen LogP contribution in [0.2, 0.25) is 0 Å². The van der Waals surface area contributed by atoms with Gasteiger partial charge in [0, 0.05) is 0 Å². The molecule has 1 aromatic rings. The van der Waals surface area contributed by atoms with E-state index in [1.54, 1.807) is 25.3 Å². The molecular formula is C17H18INO5S. The molecule has 0 aliphatic carbocycles. The summed E-state index contributed by atoms with van der Waals surface area (Å²) < 4.78 is 11.1. The highest BCUT2D eigenvalue weighted by Crippen LogP contribution is 2.33. The van der Waals surface area contributed by atoms with Gasteiger partial charge in [-0.15, -0.1) is 0 Å². The predicted octanol–water partition coefficient (Wildman–Crippen LogP) is 3.68. The highest BCUT2D eigenvalue weighted by atomic mass is 127. The van der Waals surface area contributed by atoms with Gasteiger partial charge in [0.05, 0.1) is 22.2 Å². The average Bonchev–Trinajstić information content (AvgIpc) is 2.83. The van der Waals surface area contributed by atoms with Crippen molar-refractivity contribution >= 4 is 57.5 Å². The van der Waals surface area contributed by atoms with Crippen LogP contribution in [0.4, 0.5) is 4.79 Å². The molecule has 0 unspecified atom stereocenters. The number of carbonyl (C=O) groups excluding carboxylic acids is 3. The normalized spacial score (nSPS) is 15.8. The second-order valence-corrected chi connectivity index (χ2v) is 7.39. The molecule has 8 heteroatoms. The summed E-state index contributed by atoms with van der Waals surface area (Å²) >= 11 is 2.95. The Labute approximate surface area is 164 Å². The highest BCUT2D eigenvalue weighted by Gasteiger charge is 2.36. The number of benzene rings is 1. The molecule has 0 N–H and O–H groups in total. The van der Waals surface area contributed by atoms with E-state index in [2.05, 4.69) is 22.6 Å². The summed E-state index contributed by atoms with van der Waals surface area (Å²) in [6, 6.07) is 5.45. The number of carbonyl (C=O) groups is 3. The number of ether oxygens (including phenoxy) is 2. The predicted molar refractivity (Wildman–Crippen MR) is 104 cm³/mol. The third-order valence-electron chi connectivity index (χ3n) is 3.40. The standard InChI is InChI=1S/C17H18INO5S/c1-3-4-7-24-15(20)10-19-16(21)14(25-17(19)22)9-11-5-6-13(23-2)12(18)8-11/h5-6,8-9H,3-4,7,10H2,1-2H3/b14-9-. The van der Waals surface area contributed by atoms with Gasteiger partial charge < -0.3 is 9.47 Å². The quantitative estimate of drug-likeness (QED) is 0.259. The third-order valence-corrected chi connectivity index (χ3v) is 5.15. The third kappa shape index (κ3) is 5.21. The van der Waals surface area contributed by atoms with Crippen molar-refractivity contribution in [3.05, 3.63) is 32.2 Å². The Morgan fingerprint density at radius 3 is 2.76 bits per heavy atom. The second-order valence-electron chi connectivity index (χ2n) is 5.24. The zero-order valence-electron chi connectivity index (χ0n) is 13.9. The molecule has 1 aliphatic heterocycles. The Morgan fingerprint density at radius 2 is 2.12 bits per heavy atom. The van der Waals surface area contributed by atoms with E-state index in [0.717, 1.165) is 44.4 Å². The first-order chi connectivity index (χ1) is 12.0. The smallest absolute Gasteiger partial charge is 0.326 e. The van der Waals surface area contributed by atoms with Crippen LogP contribution in [-0.4, -0.2) is 42.3 Å². The molecular weight excluding hydrogens is 457 g/mol. The van der Waals surface area contributed by atoms with E-state index >= 15 is 0 Å². The van der Waals surface area contributed by atoms with Crippen molar-refractivity contribution < 1.29 is 23.9 Å². The maximum atomic E-state index is 12.4. The molecule has 1 fully saturated rings. The maximum Gasteiger partial charge on any atom is 0.326 e. The summed E-state index contributed by atoms with van der Waals surface area (Å²) in [4.78, 5) is 37.3. The minimum absolute atomic E-state index is 0.285. The number of imide groups is 1. The van der Waals surface area contributed by atoms with E-state index in [1.165, 1.54) is 0 Å². The summed E-state index contributed by atoms with van der Waals surface area (Å²) in [6.45, 7) is 1.92. The van der Waals surface area contributed by atoms with Gasteiger partial charge in [-0.05, 0) is 64.5 Å². The fourth-order valence-corrected chi connectivity index (χ4v) is 3.66. The minimum atomic E-state index is -0.573. The van der Waals surface area contributed by atoms with Crippen molar-refractivity contribution in [2.45, 2.75) is 19.8 Å². The number of hydrogen-bond acceptors (Lipinski definition) is 6. The lowest BCUT2D eigenvalue weighted by atomic mass is 10.2. The van der Waals surface area contributed by atoms with Gasteiger partial charge in [-0.1, -0.05) is 19.4 Å². The fraction of sp³-hybridized carbons (Fsp3) is 0.353. The lowest BCUT2D eigenvalue weighted by Crippen LogP contribution is -2.34. The summed E-state index contributed by atoms with van der Waals surface area (Å²) in [5, 5.41) is -0.466. The Hall–Kier alpha value is -1.55. The van der Waals surface area contributed by atoms with Crippen LogP contribution in [0, 0.1) is 3.57 Å². The molecule has 0 spiro atoms. The molecule has 2 rings (SSSR count). The van der Waals surface area contributed by atoms with E-state index in [9.17, 15) is 14.4 Å². The number of methoxy groups -OCH3 is 1. The number of amides is 2. The number of rotatable bonds is 7. The largest absolute Gasteiger partial charge is 0.496 e. The zero-order valence-corrected chi connectivity index (χ0v) is 16.9. The molecule has 0 bridgehead atoms. The molecule has 1 aromatic carbocycles. The van der Waals surface area contributed by atoms with Crippen molar-refractivity contribution in [2.75, 3.05) is 20.3 Å². The van der Waals surface area contributed by atoms with Gasteiger partial charge in [0.2, 0.25) is 0 Å². The lowest BCUT2D eigenvalue weighted by Gasteiger charge is -2.11. The van der Waals surface area contributed by atoms with Crippen molar-refractivity contribution in [3.8, 4) is 5.75 Å². The van der Waals surface area contributed by atoms with Crippen LogP contribution in [0.5, 0.6) is 5.75 Å². The van der Waals surface area contributed by atoms with E-state index in [4.69, 9.17) is 9.47 Å². The van der Waals surface area contributed by atoms with Crippen molar-refractivity contribution in [1.82, 2.24) is 4.90 Å². The SMILES string of the molecule is CCCCOC(=O)CN1C(=O)S/C(=C\c2ccc(OC)c(I)c2)C1=O. The van der Waals surface area contributed by atoms with Gasteiger partial charge in [0.1, 0.15) is 12.3 Å². The average molecular weight is 475 g/mol. The van der Waals surface area contributed by atoms with Gasteiger partial charge >= 0.3 is 5.97 Å². The van der Waals surface area contributed by atoms with Crippen molar-refractivity contribution in [2.24, 2.45) is 0 Å². The van der Waals surface area contributed by atoms with Gasteiger partial charge in [-0.3, -0.25) is 19.3 Å². The molecule has 0 aromatic heterocycles. The first kappa shape index (κ1) is 19.8. The lowest BCUT2D eigenvalue weighted by molar-refractivity contribution is -0.146. The molecule has 25 heavy (non-hydrogen) atoms. The molecule has 0 radical (unpaired) electrons. The molecule has 134 valence electrons. The summed E-state index contributed by atoms with van der Waals surface area (Å²) in [7, 11) is 1.59. The second kappa shape index (κ2) is 9.23. The molecule has 1 aliphatic rings. The van der Waals surface area contributed by atoms with Crippen molar-refractivity contribution in [1.29, 1.82) is 0 Å². The molecule has 2 amide bonds. The van der Waals surface area contributed by atoms with Gasteiger partial charge in [0.15, 0.2) is 0 Å². The van der Waals surface area contributed by atoms with Crippen LogP contribution in [0.15, 0.2) is 23.1 Å². The highest BCUT2D eigenvalue weighted by molar-refractivity contribution is 14.1. The molecule has 0 saturated carbocycles. The Balaban J connectivity index is 2.07. The Kier molecular flexibility index (Phi) is 7.30. The van der Waals surface area contributed by atoms with E-state index < -0.39 is 17.1 Å². The van der Waals surface area contributed by atoms with Crippen LogP contribution < -0.4 is 4.74 Å². The molecule has 6 nitrogen and oxygen atoms in total. The minimum Gasteiger partial charge on any atom is -0.496 e. The molecule has 1 saturated heterocycles. The molecule has 1 heterocycles. The number of hydrogen-bond donors (Lipinski definition) is 0. The first-order valence-electron chi connectivity index (χ1n) is 7.70. The van der Waals surface area contributed by atoms with Gasteiger partial charge in [-0.2, -0.15) is 0 Å². The zero-order chi connectivity index (χ0) is 18.4. The summed E-state index contributed by atoms with van der Waals surface area (Å²) in [5.74, 6) is -0.315. The number of esters is 1. The first-order valence-corrected chi connectivity index (χ1v) is 9.60. The van der Waals surface area contributed by atoms with Crippen LogP contribution in [0.3, 0.4) is 0 Å². The molecule has 0 atom stereocenters.